The Hall–Kier alpha value is -1.58. The maximum absolute atomic E-state index is 11.5. The van der Waals surface area contributed by atoms with Crippen LogP contribution in [-0.4, -0.2) is 63.6 Å². The number of fused-ring (bicyclic) bond motifs is 1. The van der Waals surface area contributed by atoms with Crippen molar-refractivity contribution in [2.24, 2.45) is 0 Å². The van der Waals surface area contributed by atoms with Crippen molar-refractivity contribution in [2.45, 2.75) is 37.2 Å². The molecule has 0 atom stereocenters. The van der Waals surface area contributed by atoms with Gasteiger partial charge in [-0.15, -0.1) is 11.6 Å². The van der Waals surface area contributed by atoms with E-state index in [0.29, 0.717) is 48.9 Å². The Bertz CT molecular complexity index is 724. The maximum Gasteiger partial charge on any atom is 0.221 e. The van der Waals surface area contributed by atoms with Gasteiger partial charge in [0.15, 0.2) is 10.8 Å². The zero-order chi connectivity index (χ0) is 18.9. The number of nitrogens with one attached hydrogen (secondary N) is 2. The number of aromatic nitrogens is 4. The first-order valence-electron chi connectivity index (χ1n) is 8.50. The monoisotopic (exact) mass is 400 g/mol. The van der Waals surface area contributed by atoms with Gasteiger partial charge < -0.3 is 15.4 Å². The molecule has 0 spiro atoms. The summed E-state index contributed by atoms with van der Waals surface area (Å²) in [7, 11) is 1.66. The maximum atomic E-state index is 11.5. The topological polar surface area (TPSA) is 94.0 Å². The van der Waals surface area contributed by atoms with Crippen molar-refractivity contribution in [2.75, 3.05) is 38.0 Å². The van der Waals surface area contributed by atoms with E-state index in [1.807, 2.05) is 0 Å². The molecule has 0 aliphatic rings. The molecular formula is C16H25ClN6O2S. The summed E-state index contributed by atoms with van der Waals surface area (Å²) in [5, 5.41) is 12.4. The number of thioether (sulfide) groups is 1. The van der Waals surface area contributed by atoms with Crippen LogP contribution in [0.15, 0.2) is 11.4 Å². The van der Waals surface area contributed by atoms with E-state index in [1.165, 1.54) is 0 Å². The number of ether oxygens (including phenoxy) is 1. The Morgan fingerprint density at radius 3 is 2.88 bits per heavy atom. The number of nitrogens with zero attached hydrogens (tertiary/aromatic N) is 4. The van der Waals surface area contributed by atoms with E-state index in [1.54, 1.807) is 29.8 Å². The van der Waals surface area contributed by atoms with Gasteiger partial charge in [-0.2, -0.15) is 5.10 Å². The Kier molecular flexibility index (Phi) is 8.40. The number of halogens is 1. The molecule has 0 unspecified atom stereocenters. The van der Waals surface area contributed by atoms with Gasteiger partial charge in [0.25, 0.3) is 0 Å². The number of methoxy groups -OCH3 is 1. The summed E-state index contributed by atoms with van der Waals surface area (Å²) >= 11 is 7.16. The lowest BCUT2D eigenvalue weighted by Crippen LogP contribution is -2.27. The highest BCUT2D eigenvalue weighted by Gasteiger charge is 2.14. The predicted molar refractivity (Wildman–Crippen MR) is 105 cm³/mol. The Labute approximate surface area is 162 Å². The second-order valence-corrected chi connectivity index (χ2v) is 7.76. The van der Waals surface area contributed by atoms with Crippen LogP contribution in [0.25, 0.3) is 11.0 Å². The molecular weight excluding hydrogens is 376 g/mol. The molecule has 0 saturated carbocycles. The summed E-state index contributed by atoms with van der Waals surface area (Å²) in [5.74, 6) is 0.993. The fourth-order valence-corrected chi connectivity index (χ4v) is 3.12. The molecule has 1 amide bonds. The van der Waals surface area contributed by atoms with Gasteiger partial charge >= 0.3 is 0 Å². The van der Waals surface area contributed by atoms with Gasteiger partial charge in [-0.1, -0.05) is 25.6 Å². The smallest absolute Gasteiger partial charge is 0.221 e. The van der Waals surface area contributed by atoms with Crippen LogP contribution >= 0.6 is 23.4 Å². The van der Waals surface area contributed by atoms with Crippen LogP contribution in [-0.2, 0) is 16.1 Å². The number of carbonyl (C=O) groups is 1. The summed E-state index contributed by atoms with van der Waals surface area (Å²) in [4.78, 5) is 20.8. The summed E-state index contributed by atoms with van der Waals surface area (Å²) < 4.78 is 6.87. The van der Waals surface area contributed by atoms with Gasteiger partial charge in [0.1, 0.15) is 5.82 Å². The molecule has 0 fully saturated rings. The lowest BCUT2D eigenvalue weighted by molar-refractivity contribution is -0.120. The third-order valence-corrected chi connectivity index (χ3v) is 4.44. The highest BCUT2D eigenvalue weighted by Crippen LogP contribution is 2.26. The normalized spacial score (nSPS) is 11.3. The Balaban J connectivity index is 2.19. The number of carbonyl (C=O) groups excluding carboxylic acids is 1. The second-order valence-electron chi connectivity index (χ2n) is 5.83. The van der Waals surface area contributed by atoms with Gasteiger partial charge in [-0.05, 0) is 0 Å². The first-order valence-corrected chi connectivity index (χ1v) is 9.92. The minimum absolute atomic E-state index is 0.0657. The second kappa shape index (κ2) is 10.5. The molecule has 2 aromatic heterocycles. The molecule has 2 heterocycles. The van der Waals surface area contributed by atoms with Gasteiger partial charge in [0.2, 0.25) is 5.91 Å². The van der Waals surface area contributed by atoms with Crippen molar-refractivity contribution < 1.29 is 9.53 Å². The van der Waals surface area contributed by atoms with Crippen LogP contribution in [0.1, 0.15) is 20.3 Å². The molecule has 8 nitrogen and oxygen atoms in total. The van der Waals surface area contributed by atoms with Crippen LogP contribution in [0.2, 0.25) is 0 Å². The molecule has 0 saturated heterocycles. The third-order valence-electron chi connectivity index (χ3n) is 3.38. The zero-order valence-corrected chi connectivity index (χ0v) is 16.9. The quantitative estimate of drug-likeness (QED) is 0.258. The van der Waals surface area contributed by atoms with E-state index < -0.39 is 0 Å². The van der Waals surface area contributed by atoms with E-state index in [-0.39, 0.29) is 5.91 Å². The molecule has 2 rings (SSSR count). The van der Waals surface area contributed by atoms with Gasteiger partial charge in [-0.25, -0.2) is 14.6 Å². The number of amides is 1. The van der Waals surface area contributed by atoms with Gasteiger partial charge in [0, 0.05) is 37.8 Å². The molecule has 0 aliphatic heterocycles. The van der Waals surface area contributed by atoms with Crippen molar-refractivity contribution in [3.05, 3.63) is 6.20 Å². The first kappa shape index (κ1) is 20.7. The highest BCUT2D eigenvalue weighted by molar-refractivity contribution is 7.99. The fraction of sp³-hybridized carbons (Fsp3) is 0.625. The minimum atomic E-state index is -0.0657. The summed E-state index contributed by atoms with van der Waals surface area (Å²) in [6, 6.07) is 0. The van der Waals surface area contributed by atoms with Crippen LogP contribution in [0.5, 0.6) is 0 Å². The predicted octanol–water partition coefficient (Wildman–Crippen LogP) is 2.13. The van der Waals surface area contributed by atoms with Gasteiger partial charge in [0.05, 0.1) is 24.7 Å². The van der Waals surface area contributed by atoms with Crippen LogP contribution in [0.3, 0.4) is 0 Å². The standard InChI is InChI=1S/C16H25ClN6O2S/c1-11(2)26-16-21-14(19-7-9-25-3)12-10-20-23(15(12)22-16)8-6-18-13(24)4-5-17/h10-11H,4-9H2,1-3H3,(H,18,24)(H,19,21,22). The average molecular weight is 401 g/mol. The van der Waals surface area contributed by atoms with E-state index in [4.69, 9.17) is 16.3 Å². The molecule has 0 aromatic carbocycles. The summed E-state index contributed by atoms with van der Waals surface area (Å²) in [6.45, 7) is 6.42. The molecule has 0 aliphatic carbocycles. The van der Waals surface area contributed by atoms with Crippen molar-refractivity contribution in [3.8, 4) is 0 Å². The molecule has 144 valence electrons. The van der Waals surface area contributed by atoms with Crippen LogP contribution in [0, 0.1) is 0 Å². The van der Waals surface area contributed by atoms with E-state index in [0.717, 1.165) is 16.9 Å². The zero-order valence-electron chi connectivity index (χ0n) is 15.3. The highest BCUT2D eigenvalue weighted by atomic mass is 35.5. The van der Waals surface area contributed by atoms with Crippen molar-refractivity contribution >= 4 is 46.1 Å². The fourth-order valence-electron chi connectivity index (χ4n) is 2.24. The molecule has 0 bridgehead atoms. The van der Waals surface area contributed by atoms with E-state index >= 15 is 0 Å². The minimum Gasteiger partial charge on any atom is -0.383 e. The molecule has 0 radical (unpaired) electrons. The van der Waals surface area contributed by atoms with Crippen molar-refractivity contribution in [1.82, 2.24) is 25.1 Å². The Morgan fingerprint density at radius 2 is 2.19 bits per heavy atom. The lowest BCUT2D eigenvalue weighted by atomic mass is 10.4. The molecule has 26 heavy (non-hydrogen) atoms. The number of anilines is 1. The van der Waals surface area contributed by atoms with Crippen molar-refractivity contribution in [3.63, 3.8) is 0 Å². The summed E-state index contributed by atoms with van der Waals surface area (Å²) in [5.41, 5.74) is 0.745. The van der Waals surface area contributed by atoms with Gasteiger partial charge in [-0.3, -0.25) is 4.79 Å². The Morgan fingerprint density at radius 1 is 1.38 bits per heavy atom. The summed E-state index contributed by atoms with van der Waals surface area (Å²) in [6.07, 6.45) is 2.06. The van der Waals surface area contributed by atoms with Crippen LogP contribution < -0.4 is 10.6 Å². The molecule has 2 N–H and O–H groups in total. The number of hydrogen-bond acceptors (Lipinski definition) is 7. The number of hydrogen-bond donors (Lipinski definition) is 2. The van der Waals surface area contributed by atoms with Crippen LogP contribution in [0.4, 0.5) is 5.82 Å². The lowest BCUT2D eigenvalue weighted by Gasteiger charge is -2.10. The van der Waals surface area contributed by atoms with E-state index in [2.05, 4.69) is 39.5 Å². The third kappa shape index (κ3) is 6.00. The van der Waals surface area contributed by atoms with Crippen molar-refractivity contribution in [1.29, 1.82) is 0 Å². The van der Waals surface area contributed by atoms with E-state index in [9.17, 15) is 4.79 Å². The number of rotatable bonds is 11. The SMILES string of the molecule is COCCNc1nc(SC(C)C)nc2c1cnn2CCNC(=O)CCCl. The average Bonchev–Trinajstić information content (AvgIpc) is 2.98. The molecule has 10 heteroatoms. The number of alkyl halides is 1. The largest absolute Gasteiger partial charge is 0.383 e. The molecule has 2 aromatic rings. The first-order chi connectivity index (χ1) is 12.5.